The van der Waals surface area contributed by atoms with Gasteiger partial charge in [0.1, 0.15) is 11.5 Å². The fraction of sp³-hybridized carbons (Fsp3) is 0.412. The molecule has 0 amide bonds. The van der Waals surface area contributed by atoms with Crippen LogP contribution in [0.3, 0.4) is 0 Å². The Morgan fingerprint density at radius 3 is 3.10 bits per heavy atom. The van der Waals surface area contributed by atoms with Gasteiger partial charge in [-0.15, -0.1) is 0 Å². The number of hydrogen-bond donors (Lipinski definition) is 2. The molecule has 20 heavy (non-hydrogen) atoms. The molecule has 0 bridgehead atoms. The molecule has 0 radical (unpaired) electrons. The molecule has 3 heteroatoms. The van der Waals surface area contributed by atoms with Crippen molar-refractivity contribution in [1.29, 1.82) is 0 Å². The van der Waals surface area contributed by atoms with Crippen molar-refractivity contribution in [3.8, 4) is 5.75 Å². The molecule has 3 nitrogen and oxygen atoms in total. The van der Waals surface area contributed by atoms with Crippen LogP contribution in [0.25, 0.3) is 0 Å². The Labute approximate surface area is 119 Å². The standard InChI is InChI=1S/C17H21NO2/c1-12(4-7-15-3-2-10-20-15)18-17-9-5-13-11-14(19)6-8-16(13)17/h2-3,6,8,10-12,17-19H,4-5,7,9H2,1H3. The summed E-state index contributed by atoms with van der Waals surface area (Å²) in [6.07, 6.45) is 5.93. The minimum Gasteiger partial charge on any atom is -0.508 e. The molecule has 1 aliphatic carbocycles. The Hall–Kier alpha value is -1.74. The summed E-state index contributed by atoms with van der Waals surface area (Å²) in [5.41, 5.74) is 2.62. The summed E-state index contributed by atoms with van der Waals surface area (Å²) in [6.45, 7) is 2.22. The molecule has 1 heterocycles. The molecule has 2 aromatic rings. The maximum absolute atomic E-state index is 9.52. The Morgan fingerprint density at radius 1 is 1.40 bits per heavy atom. The van der Waals surface area contributed by atoms with Crippen molar-refractivity contribution in [2.45, 2.75) is 44.7 Å². The summed E-state index contributed by atoms with van der Waals surface area (Å²) in [7, 11) is 0. The molecule has 0 aliphatic heterocycles. The van der Waals surface area contributed by atoms with Gasteiger partial charge in [0.15, 0.2) is 0 Å². The SMILES string of the molecule is CC(CCc1ccco1)NC1CCc2cc(O)ccc21. The largest absolute Gasteiger partial charge is 0.508 e. The first kappa shape index (κ1) is 13.3. The van der Waals surface area contributed by atoms with Crippen LogP contribution >= 0.6 is 0 Å². The Morgan fingerprint density at radius 2 is 2.30 bits per heavy atom. The van der Waals surface area contributed by atoms with E-state index in [2.05, 4.69) is 18.3 Å². The lowest BCUT2D eigenvalue weighted by Crippen LogP contribution is -2.29. The van der Waals surface area contributed by atoms with Gasteiger partial charge in [0.05, 0.1) is 6.26 Å². The van der Waals surface area contributed by atoms with Gasteiger partial charge in [-0.1, -0.05) is 6.07 Å². The number of aryl methyl sites for hydroxylation is 2. The zero-order chi connectivity index (χ0) is 13.9. The molecule has 2 N–H and O–H groups in total. The first-order valence-electron chi connectivity index (χ1n) is 7.32. The summed E-state index contributed by atoms with van der Waals surface area (Å²) in [6, 6.07) is 10.6. The van der Waals surface area contributed by atoms with E-state index in [0.717, 1.165) is 31.4 Å². The van der Waals surface area contributed by atoms with Gasteiger partial charge in [0, 0.05) is 18.5 Å². The molecule has 1 aromatic heterocycles. The van der Waals surface area contributed by atoms with Crippen LogP contribution in [0.5, 0.6) is 5.75 Å². The smallest absolute Gasteiger partial charge is 0.115 e. The topological polar surface area (TPSA) is 45.4 Å². The van der Waals surface area contributed by atoms with Crippen LogP contribution in [-0.4, -0.2) is 11.1 Å². The van der Waals surface area contributed by atoms with Gasteiger partial charge in [-0.25, -0.2) is 0 Å². The number of hydrogen-bond acceptors (Lipinski definition) is 3. The third kappa shape index (κ3) is 2.88. The van der Waals surface area contributed by atoms with E-state index >= 15 is 0 Å². The first-order chi connectivity index (χ1) is 9.72. The lowest BCUT2D eigenvalue weighted by Gasteiger charge is -2.20. The normalized spacial score (nSPS) is 18.9. The minimum atomic E-state index is 0.371. The second kappa shape index (κ2) is 5.71. The van der Waals surface area contributed by atoms with Crippen molar-refractivity contribution in [2.24, 2.45) is 0 Å². The average Bonchev–Trinajstić information content (AvgIpc) is 3.06. The van der Waals surface area contributed by atoms with Gasteiger partial charge in [-0.3, -0.25) is 0 Å². The summed E-state index contributed by atoms with van der Waals surface area (Å²) >= 11 is 0. The van der Waals surface area contributed by atoms with Crippen molar-refractivity contribution in [1.82, 2.24) is 5.32 Å². The quantitative estimate of drug-likeness (QED) is 0.873. The molecular weight excluding hydrogens is 250 g/mol. The summed E-state index contributed by atoms with van der Waals surface area (Å²) in [5.74, 6) is 1.42. The van der Waals surface area contributed by atoms with E-state index in [0.29, 0.717) is 17.8 Å². The molecular formula is C17H21NO2. The third-order valence-electron chi connectivity index (χ3n) is 4.09. The van der Waals surface area contributed by atoms with Crippen LogP contribution in [-0.2, 0) is 12.8 Å². The van der Waals surface area contributed by atoms with Crippen LogP contribution in [0.2, 0.25) is 0 Å². The number of nitrogens with one attached hydrogen (secondary N) is 1. The van der Waals surface area contributed by atoms with Crippen LogP contribution in [0, 0.1) is 0 Å². The van der Waals surface area contributed by atoms with Gasteiger partial charge in [-0.2, -0.15) is 0 Å². The fourth-order valence-corrected chi connectivity index (χ4v) is 3.02. The Balaban J connectivity index is 1.56. The second-order valence-electron chi connectivity index (χ2n) is 5.66. The van der Waals surface area contributed by atoms with Gasteiger partial charge < -0.3 is 14.8 Å². The van der Waals surface area contributed by atoms with Crippen molar-refractivity contribution in [2.75, 3.05) is 0 Å². The number of furan rings is 1. The molecule has 0 saturated heterocycles. The van der Waals surface area contributed by atoms with E-state index in [9.17, 15) is 5.11 Å². The highest BCUT2D eigenvalue weighted by Gasteiger charge is 2.23. The van der Waals surface area contributed by atoms with Crippen LogP contribution in [0.15, 0.2) is 41.0 Å². The van der Waals surface area contributed by atoms with Crippen LogP contribution in [0.1, 0.15) is 42.7 Å². The lowest BCUT2D eigenvalue weighted by atomic mass is 10.1. The highest BCUT2D eigenvalue weighted by atomic mass is 16.3. The average molecular weight is 271 g/mol. The summed E-state index contributed by atoms with van der Waals surface area (Å²) < 4.78 is 5.37. The van der Waals surface area contributed by atoms with E-state index in [-0.39, 0.29) is 0 Å². The van der Waals surface area contributed by atoms with Gasteiger partial charge in [0.2, 0.25) is 0 Å². The fourth-order valence-electron chi connectivity index (χ4n) is 3.02. The Bertz CT molecular complexity index is 562. The number of aromatic hydroxyl groups is 1. The molecule has 2 atom stereocenters. The van der Waals surface area contributed by atoms with E-state index in [1.165, 1.54) is 11.1 Å². The summed E-state index contributed by atoms with van der Waals surface area (Å²) in [4.78, 5) is 0. The van der Waals surface area contributed by atoms with E-state index in [1.54, 1.807) is 12.3 Å². The lowest BCUT2D eigenvalue weighted by molar-refractivity contribution is 0.416. The number of phenolic OH excluding ortho intramolecular Hbond substituents is 1. The maximum atomic E-state index is 9.52. The van der Waals surface area contributed by atoms with Crippen LogP contribution < -0.4 is 5.32 Å². The number of fused-ring (bicyclic) bond motifs is 1. The van der Waals surface area contributed by atoms with Crippen molar-refractivity contribution >= 4 is 0 Å². The maximum Gasteiger partial charge on any atom is 0.115 e. The summed E-state index contributed by atoms with van der Waals surface area (Å²) in [5, 5.41) is 13.2. The number of rotatable bonds is 5. The van der Waals surface area contributed by atoms with Crippen molar-refractivity contribution in [3.05, 3.63) is 53.5 Å². The first-order valence-corrected chi connectivity index (χ1v) is 7.32. The number of phenols is 1. The predicted octanol–water partition coefficient (Wildman–Crippen LogP) is 3.58. The molecule has 2 unspecified atom stereocenters. The molecule has 0 saturated carbocycles. The molecule has 1 aromatic carbocycles. The number of benzene rings is 1. The minimum absolute atomic E-state index is 0.371. The molecule has 106 valence electrons. The van der Waals surface area contributed by atoms with Gasteiger partial charge in [-0.05, 0) is 61.6 Å². The highest BCUT2D eigenvalue weighted by molar-refractivity contribution is 5.40. The third-order valence-corrected chi connectivity index (χ3v) is 4.09. The molecule has 1 aliphatic rings. The zero-order valence-corrected chi connectivity index (χ0v) is 11.8. The van der Waals surface area contributed by atoms with Gasteiger partial charge in [0.25, 0.3) is 0 Å². The Kier molecular flexibility index (Phi) is 3.79. The van der Waals surface area contributed by atoms with Crippen molar-refractivity contribution < 1.29 is 9.52 Å². The van der Waals surface area contributed by atoms with E-state index < -0.39 is 0 Å². The van der Waals surface area contributed by atoms with Gasteiger partial charge >= 0.3 is 0 Å². The highest BCUT2D eigenvalue weighted by Crippen LogP contribution is 2.33. The van der Waals surface area contributed by atoms with E-state index in [4.69, 9.17) is 4.42 Å². The van der Waals surface area contributed by atoms with Crippen molar-refractivity contribution in [3.63, 3.8) is 0 Å². The predicted molar refractivity (Wildman–Crippen MR) is 78.8 cm³/mol. The molecule has 3 rings (SSSR count). The molecule has 0 fully saturated rings. The zero-order valence-electron chi connectivity index (χ0n) is 11.8. The second-order valence-corrected chi connectivity index (χ2v) is 5.66. The van der Waals surface area contributed by atoms with E-state index in [1.807, 2.05) is 18.2 Å². The van der Waals surface area contributed by atoms with Crippen LogP contribution in [0.4, 0.5) is 0 Å². The molecule has 0 spiro atoms. The monoisotopic (exact) mass is 271 g/mol.